The van der Waals surface area contributed by atoms with Gasteiger partial charge in [-0.05, 0) is 47.2 Å². The Morgan fingerprint density at radius 3 is 2.41 bits per heavy atom. The molecule has 6 heteroatoms. The molecule has 1 heterocycles. The van der Waals surface area contributed by atoms with Gasteiger partial charge in [-0.3, -0.25) is 0 Å². The number of imidazole rings is 1. The van der Waals surface area contributed by atoms with E-state index < -0.39 is 11.0 Å². The van der Waals surface area contributed by atoms with E-state index in [0.29, 0.717) is 28.1 Å². The Hall–Kier alpha value is -1.85. The molecular formula is C21H27ClN2O2S. The number of methoxy groups -OCH3 is 1. The molecule has 0 aliphatic rings. The zero-order valence-corrected chi connectivity index (χ0v) is 18.1. The van der Waals surface area contributed by atoms with Gasteiger partial charge in [0.15, 0.2) is 11.0 Å². The van der Waals surface area contributed by atoms with Crippen LogP contribution in [0.2, 0.25) is 5.28 Å². The molecule has 0 spiro atoms. The van der Waals surface area contributed by atoms with Gasteiger partial charge in [0.25, 0.3) is 0 Å². The fourth-order valence-corrected chi connectivity index (χ4v) is 4.16. The van der Waals surface area contributed by atoms with Crippen molar-refractivity contribution in [1.82, 2.24) is 8.96 Å². The lowest BCUT2D eigenvalue weighted by atomic mass is 10.0. The van der Waals surface area contributed by atoms with Crippen LogP contribution < -0.4 is 0 Å². The summed E-state index contributed by atoms with van der Waals surface area (Å²) in [6.07, 6.45) is 4.23. The van der Waals surface area contributed by atoms with E-state index in [0.717, 1.165) is 12.2 Å². The molecule has 1 aromatic carbocycles. The first-order chi connectivity index (χ1) is 12.8. The lowest BCUT2D eigenvalue weighted by Gasteiger charge is -2.10. The highest BCUT2D eigenvalue weighted by Crippen LogP contribution is 2.26. The highest BCUT2D eigenvalue weighted by atomic mass is 35.5. The molecule has 2 rings (SSSR count). The zero-order chi connectivity index (χ0) is 20.1. The molecule has 0 N–H and O–H groups in total. The highest BCUT2D eigenvalue weighted by molar-refractivity contribution is 7.83. The minimum absolute atomic E-state index is 0.155. The third-order valence-electron chi connectivity index (χ3n) is 4.14. The number of ether oxygens (including phenoxy) is 1. The monoisotopic (exact) mass is 406 g/mol. The summed E-state index contributed by atoms with van der Waals surface area (Å²) in [6, 6.07) is 7.71. The predicted octanol–water partition coefficient (Wildman–Crippen LogP) is 5.91. The van der Waals surface area contributed by atoms with Crippen molar-refractivity contribution in [1.29, 1.82) is 0 Å². The first kappa shape index (κ1) is 21.5. The maximum atomic E-state index is 13.1. The van der Waals surface area contributed by atoms with E-state index in [-0.39, 0.29) is 5.28 Å². The van der Waals surface area contributed by atoms with Crippen molar-refractivity contribution in [2.24, 2.45) is 5.92 Å². The van der Waals surface area contributed by atoms with Crippen LogP contribution in [-0.2, 0) is 15.7 Å². The fourth-order valence-electron chi connectivity index (χ4n) is 2.69. The van der Waals surface area contributed by atoms with E-state index in [9.17, 15) is 4.21 Å². The summed E-state index contributed by atoms with van der Waals surface area (Å²) in [6.45, 7) is 12.3. The van der Waals surface area contributed by atoms with Crippen LogP contribution in [0.25, 0.3) is 12.2 Å². The van der Waals surface area contributed by atoms with Crippen LogP contribution in [-0.4, -0.2) is 20.3 Å². The zero-order valence-electron chi connectivity index (χ0n) is 16.5. The maximum absolute atomic E-state index is 13.1. The molecule has 4 nitrogen and oxygen atoms in total. The number of aromatic nitrogens is 2. The van der Waals surface area contributed by atoms with Crippen molar-refractivity contribution in [3.8, 4) is 0 Å². The minimum Gasteiger partial charge on any atom is -0.501 e. The van der Waals surface area contributed by atoms with Crippen molar-refractivity contribution in [3.63, 3.8) is 0 Å². The molecule has 0 fully saturated rings. The molecule has 146 valence electrons. The number of rotatable bonds is 8. The summed E-state index contributed by atoms with van der Waals surface area (Å²) in [5.41, 5.74) is 2.39. The summed E-state index contributed by atoms with van der Waals surface area (Å²) >= 11 is 6.33. The fraction of sp³-hybridized carbons (Fsp3) is 0.381. The summed E-state index contributed by atoms with van der Waals surface area (Å²) in [4.78, 5) is 5.04. The Morgan fingerprint density at radius 2 is 1.93 bits per heavy atom. The van der Waals surface area contributed by atoms with Gasteiger partial charge in [0.2, 0.25) is 5.28 Å². The van der Waals surface area contributed by atoms with E-state index in [1.54, 1.807) is 13.2 Å². The predicted molar refractivity (Wildman–Crippen MR) is 114 cm³/mol. The number of benzene rings is 1. The van der Waals surface area contributed by atoms with Crippen molar-refractivity contribution < 1.29 is 8.95 Å². The van der Waals surface area contributed by atoms with E-state index >= 15 is 0 Å². The molecule has 1 unspecified atom stereocenters. The van der Waals surface area contributed by atoms with E-state index in [1.165, 1.54) is 9.54 Å². The third-order valence-corrected chi connectivity index (χ3v) is 5.87. The first-order valence-electron chi connectivity index (χ1n) is 8.95. The summed E-state index contributed by atoms with van der Waals surface area (Å²) in [5.74, 6) is 1.65. The number of halogens is 1. The van der Waals surface area contributed by atoms with Gasteiger partial charge < -0.3 is 4.74 Å². The Labute approximate surface area is 169 Å². The average molecular weight is 407 g/mol. The van der Waals surface area contributed by atoms with Gasteiger partial charge >= 0.3 is 0 Å². The van der Waals surface area contributed by atoms with Gasteiger partial charge in [0.05, 0.1) is 29.2 Å². The maximum Gasteiger partial charge on any atom is 0.216 e. The van der Waals surface area contributed by atoms with Gasteiger partial charge in [0, 0.05) is 12.5 Å². The quantitative estimate of drug-likeness (QED) is 0.512. The normalized spacial score (nSPS) is 13.3. The standard InChI is InChI=1S/C21H27ClN2O2S/c1-7-20-19(13-17(26-6)12-14(2)3)23-21(22)24(20)27(25)18-10-8-16(9-11-18)15(4)5/h7-11,13-15H,1,12H2,2-6H3/b17-13+. The Kier molecular flexibility index (Phi) is 7.45. The van der Waals surface area contributed by atoms with Gasteiger partial charge in [-0.2, -0.15) is 0 Å². The largest absolute Gasteiger partial charge is 0.501 e. The van der Waals surface area contributed by atoms with Crippen molar-refractivity contribution in [2.45, 2.75) is 44.9 Å². The van der Waals surface area contributed by atoms with Crippen LogP contribution in [0, 0.1) is 5.92 Å². The molecule has 1 aromatic heterocycles. The molecule has 1 atom stereocenters. The Bertz CT molecular complexity index is 852. The van der Waals surface area contributed by atoms with Crippen LogP contribution in [0.1, 0.15) is 57.0 Å². The molecule has 0 saturated heterocycles. The van der Waals surface area contributed by atoms with E-state index in [1.807, 2.05) is 30.3 Å². The van der Waals surface area contributed by atoms with Gasteiger partial charge in [-0.1, -0.05) is 46.4 Å². The molecule has 0 amide bonds. The second-order valence-electron chi connectivity index (χ2n) is 7.04. The van der Waals surface area contributed by atoms with Gasteiger partial charge in [0.1, 0.15) is 0 Å². The molecule has 27 heavy (non-hydrogen) atoms. The molecule has 0 aliphatic carbocycles. The number of hydrogen-bond donors (Lipinski definition) is 0. The summed E-state index contributed by atoms with van der Waals surface area (Å²) < 4.78 is 20.1. The topological polar surface area (TPSA) is 44.1 Å². The molecule has 0 aliphatic heterocycles. The van der Waals surface area contributed by atoms with Crippen molar-refractivity contribution in [3.05, 3.63) is 58.8 Å². The second kappa shape index (κ2) is 9.38. The molecule has 0 bridgehead atoms. The second-order valence-corrected chi connectivity index (χ2v) is 8.71. The molecule has 0 saturated carbocycles. The Balaban J connectivity index is 2.45. The van der Waals surface area contributed by atoms with Crippen molar-refractivity contribution >= 4 is 34.7 Å². The average Bonchev–Trinajstić information content (AvgIpc) is 2.95. The minimum atomic E-state index is -1.52. The van der Waals surface area contributed by atoms with Crippen molar-refractivity contribution in [2.75, 3.05) is 7.11 Å². The number of nitrogens with zero attached hydrogens (tertiary/aromatic N) is 2. The molecule has 2 aromatic rings. The number of allylic oxidation sites excluding steroid dienone is 1. The summed E-state index contributed by atoms with van der Waals surface area (Å²) in [7, 11) is 0.117. The van der Waals surface area contributed by atoms with Crippen LogP contribution in [0.5, 0.6) is 0 Å². The third kappa shape index (κ3) is 5.11. The lowest BCUT2D eigenvalue weighted by molar-refractivity contribution is 0.269. The van der Waals surface area contributed by atoms with Crippen LogP contribution >= 0.6 is 11.6 Å². The first-order valence-corrected chi connectivity index (χ1v) is 10.4. The van der Waals surface area contributed by atoms with Crippen LogP contribution in [0.3, 0.4) is 0 Å². The smallest absolute Gasteiger partial charge is 0.216 e. The van der Waals surface area contributed by atoms with Crippen LogP contribution in [0.4, 0.5) is 0 Å². The SMILES string of the molecule is C=Cc1c(/C=C(\CC(C)C)OC)nc(Cl)n1S(=O)c1ccc(C(C)C)cc1. The van der Waals surface area contributed by atoms with E-state index in [2.05, 4.69) is 39.3 Å². The van der Waals surface area contributed by atoms with Gasteiger partial charge in [-0.15, -0.1) is 0 Å². The van der Waals surface area contributed by atoms with E-state index in [4.69, 9.17) is 16.3 Å². The summed E-state index contributed by atoms with van der Waals surface area (Å²) in [5, 5.41) is 0.155. The molecular weight excluding hydrogens is 380 g/mol. The van der Waals surface area contributed by atoms with Crippen LogP contribution in [0.15, 0.2) is 41.5 Å². The lowest BCUT2D eigenvalue weighted by Crippen LogP contribution is -2.07. The number of hydrogen-bond acceptors (Lipinski definition) is 3. The van der Waals surface area contributed by atoms with Gasteiger partial charge in [-0.25, -0.2) is 13.2 Å². The molecule has 0 radical (unpaired) electrons. The highest BCUT2D eigenvalue weighted by Gasteiger charge is 2.19. The Morgan fingerprint density at radius 1 is 1.30 bits per heavy atom.